The molecule has 0 atom stereocenters. The Labute approximate surface area is 181 Å². The molecule has 0 aliphatic heterocycles. The molecule has 0 radical (unpaired) electrons. The highest BCUT2D eigenvalue weighted by molar-refractivity contribution is 9.10. The Morgan fingerprint density at radius 2 is 1.72 bits per heavy atom. The maximum atomic E-state index is 12.5. The lowest BCUT2D eigenvalue weighted by Gasteiger charge is -2.08. The number of hydrogen-bond donors (Lipinski definition) is 2. The molecule has 0 bridgehead atoms. The molecular weight excluding hydrogens is 458 g/mol. The number of halogens is 2. The maximum absolute atomic E-state index is 12.5. The van der Waals surface area contributed by atoms with E-state index in [4.69, 9.17) is 11.6 Å². The number of rotatable bonds is 5. The first-order valence-corrected chi connectivity index (χ1v) is 9.95. The molecule has 1 aromatic heterocycles. The van der Waals surface area contributed by atoms with Gasteiger partial charge in [-0.05, 0) is 62.2 Å². The van der Waals surface area contributed by atoms with Crippen LogP contribution in [0.15, 0.2) is 40.9 Å². The van der Waals surface area contributed by atoms with Crippen LogP contribution in [0.5, 0.6) is 0 Å². The van der Waals surface area contributed by atoms with Crippen molar-refractivity contribution in [1.29, 1.82) is 0 Å². The number of aromatic nitrogens is 3. The predicted molar refractivity (Wildman–Crippen MR) is 116 cm³/mol. The molecule has 2 amide bonds. The van der Waals surface area contributed by atoms with Gasteiger partial charge >= 0.3 is 0 Å². The maximum Gasteiger partial charge on any atom is 0.278 e. The summed E-state index contributed by atoms with van der Waals surface area (Å²) in [6, 6.07) is 10.8. The highest BCUT2D eigenvalue weighted by Gasteiger charge is 2.18. The van der Waals surface area contributed by atoms with Crippen LogP contribution < -0.4 is 10.6 Å². The number of amides is 2. The van der Waals surface area contributed by atoms with Crippen molar-refractivity contribution in [3.05, 3.63) is 68.4 Å². The topological polar surface area (TPSA) is 88.9 Å². The first-order chi connectivity index (χ1) is 13.7. The minimum absolute atomic E-state index is 0.0744. The summed E-state index contributed by atoms with van der Waals surface area (Å²) >= 11 is 9.51. The normalized spacial score (nSPS) is 10.7. The average Bonchev–Trinajstić information content (AvgIpc) is 3.02. The van der Waals surface area contributed by atoms with Crippen LogP contribution in [0.25, 0.3) is 0 Å². The molecule has 0 aliphatic carbocycles. The molecule has 0 fully saturated rings. The van der Waals surface area contributed by atoms with Crippen LogP contribution in [0.1, 0.15) is 27.3 Å². The molecule has 0 saturated heterocycles. The molecule has 0 aliphatic rings. The highest BCUT2D eigenvalue weighted by atomic mass is 79.9. The molecule has 1 heterocycles. The smallest absolute Gasteiger partial charge is 0.278 e. The van der Waals surface area contributed by atoms with Gasteiger partial charge in [-0.25, -0.2) is 4.68 Å². The molecule has 7 nitrogen and oxygen atoms in total. The second kappa shape index (κ2) is 8.75. The van der Waals surface area contributed by atoms with Crippen LogP contribution in [0, 0.1) is 20.8 Å². The van der Waals surface area contributed by atoms with Gasteiger partial charge in [-0.15, -0.1) is 5.10 Å². The molecule has 9 heteroatoms. The second-order valence-corrected chi connectivity index (χ2v) is 7.87. The van der Waals surface area contributed by atoms with Crippen LogP contribution in [-0.2, 0) is 11.3 Å². The van der Waals surface area contributed by atoms with E-state index in [9.17, 15) is 9.59 Å². The van der Waals surface area contributed by atoms with Gasteiger partial charge in [-0.1, -0.05) is 38.8 Å². The molecule has 2 aromatic carbocycles. The summed E-state index contributed by atoms with van der Waals surface area (Å²) in [5.74, 6) is -0.686. The van der Waals surface area contributed by atoms with Crippen molar-refractivity contribution in [2.45, 2.75) is 27.3 Å². The lowest BCUT2D eigenvalue weighted by Crippen LogP contribution is -2.21. The summed E-state index contributed by atoms with van der Waals surface area (Å²) in [7, 11) is 0. The molecule has 2 N–H and O–H groups in total. The Balaban J connectivity index is 1.67. The van der Waals surface area contributed by atoms with E-state index in [2.05, 4.69) is 36.9 Å². The Hall–Kier alpha value is -2.71. The zero-order valence-corrected chi connectivity index (χ0v) is 18.4. The van der Waals surface area contributed by atoms with Crippen molar-refractivity contribution in [3.8, 4) is 0 Å². The van der Waals surface area contributed by atoms with Gasteiger partial charge in [0, 0.05) is 20.9 Å². The number of carbonyl (C=O) groups is 2. The zero-order chi connectivity index (χ0) is 21.1. The first kappa shape index (κ1) is 21.0. The molecule has 3 aromatic rings. The SMILES string of the molecule is Cc1ccc(NC(=O)Cn2nnc(C(=O)Nc3ccc(Br)c(C)c3)c2C)cc1Cl. The Morgan fingerprint density at radius 3 is 2.41 bits per heavy atom. The van der Waals surface area contributed by atoms with Gasteiger partial charge in [0.1, 0.15) is 6.54 Å². The van der Waals surface area contributed by atoms with Crippen molar-refractivity contribution in [3.63, 3.8) is 0 Å². The highest BCUT2D eigenvalue weighted by Crippen LogP contribution is 2.21. The molecule has 29 heavy (non-hydrogen) atoms. The van der Waals surface area contributed by atoms with Gasteiger partial charge in [0.2, 0.25) is 5.91 Å². The standard InChI is InChI=1S/C20H19BrClN5O2/c1-11-4-5-15(9-17(11)22)23-18(28)10-27-13(3)19(25-26-27)20(29)24-14-6-7-16(21)12(2)8-14/h4-9H,10H2,1-3H3,(H,23,28)(H,24,29). The number of nitrogens with zero attached hydrogens (tertiary/aromatic N) is 3. The van der Waals surface area contributed by atoms with Crippen molar-refractivity contribution in [2.75, 3.05) is 10.6 Å². The molecular formula is C20H19BrClN5O2. The minimum atomic E-state index is -0.388. The second-order valence-electron chi connectivity index (χ2n) is 6.61. The number of nitrogens with one attached hydrogen (secondary N) is 2. The van der Waals surface area contributed by atoms with Crippen LogP contribution in [0.2, 0.25) is 5.02 Å². The van der Waals surface area contributed by atoms with Crippen molar-refractivity contribution < 1.29 is 9.59 Å². The number of aryl methyl sites for hydroxylation is 2. The number of carbonyl (C=O) groups excluding carboxylic acids is 2. The van der Waals surface area contributed by atoms with E-state index in [1.165, 1.54) is 4.68 Å². The number of anilines is 2. The zero-order valence-electron chi connectivity index (χ0n) is 16.1. The van der Waals surface area contributed by atoms with Gasteiger partial charge in [-0.2, -0.15) is 0 Å². The van der Waals surface area contributed by atoms with Gasteiger partial charge in [0.25, 0.3) is 5.91 Å². The molecule has 3 rings (SSSR count). The Kier molecular flexibility index (Phi) is 6.34. The summed E-state index contributed by atoms with van der Waals surface area (Å²) in [5, 5.41) is 14.0. The predicted octanol–water partition coefficient (Wildman–Crippen LogP) is 4.51. The fraction of sp³-hybridized carbons (Fsp3) is 0.200. The summed E-state index contributed by atoms with van der Waals surface area (Å²) in [6.07, 6.45) is 0. The van der Waals surface area contributed by atoms with Crippen LogP contribution in [-0.4, -0.2) is 26.8 Å². The van der Waals surface area contributed by atoms with Crippen molar-refractivity contribution >= 4 is 50.7 Å². The fourth-order valence-electron chi connectivity index (χ4n) is 2.64. The Morgan fingerprint density at radius 1 is 1.03 bits per heavy atom. The van der Waals surface area contributed by atoms with Gasteiger partial charge in [0.05, 0.1) is 5.69 Å². The van der Waals surface area contributed by atoms with Crippen LogP contribution in [0.3, 0.4) is 0 Å². The molecule has 0 saturated carbocycles. The van der Waals surface area contributed by atoms with Crippen molar-refractivity contribution in [1.82, 2.24) is 15.0 Å². The molecule has 0 unspecified atom stereocenters. The van der Waals surface area contributed by atoms with Crippen LogP contribution in [0.4, 0.5) is 11.4 Å². The molecule has 0 spiro atoms. The third kappa shape index (κ3) is 5.02. The van der Waals surface area contributed by atoms with E-state index in [0.717, 1.165) is 15.6 Å². The summed E-state index contributed by atoms with van der Waals surface area (Å²) in [6.45, 7) is 5.43. The lowest BCUT2D eigenvalue weighted by atomic mass is 10.2. The van der Waals surface area contributed by atoms with E-state index in [1.54, 1.807) is 25.1 Å². The average molecular weight is 477 g/mol. The summed E-state index contributed by atoms with van der Waals surface area (Å²) < 4.78 is 2.34. The van der Waals surface area contributed by atoms with E-state index in [-0.39, 0.29) is 24.1 Å². The van der Waals surface area contributed by atoms with Crippen LogP contribution >= 0.6 is 27.5 Å². The molecule has 150 valence electrons. The summed E-state index contributed by atoms with van der Waals surface area (Å²) in [5.41, 5.74) is 3.82. The third-order valence-corrected chi connectivity index (χ3v) is 5.66. The Bertz CT molecular complexity index is 1100. The van der Waals surface area contributed by atoms with E-state index >= 15 is 0 Å². The van der Waals surface area contributed by atoms with E-state index < -0.39 is 0 Å². The minimum Gasteiger partial charge on any atom is -0.324 e. The largest absolute Gasteiger partial charge is 0.324 e. The summed E-state index contributed by atoms with van der Waals surface area (Å²) in [4.78, 5) is 24.9. The fourth-order valence-corrected chi connectivity index (χ4v) is 3.07. The third-order valence-electron chi connectivity index (χ3n) is 4.36. The lowest BCUT2D eigenvalue weighted by molar-refractivity contribution is -0.117. The number of hydrogen-bond acceptors (Lipinski definition) is 4. The van der Waals surface area contributed by atoms with E-state index in [0.29, 0.717) is 22.1 Å². The first-order valence-electron chi connectivity index (χ1n) is 8.78. The monoisotopic (exact) mass is 475 g/mol. The van der Waals surface area contributed by atoms with Crippen molar-refractivity contribution in [2.24, 2.45) is 0 Å². The van der Waals surface area contributed by atoms with E-state index in [1.807, 2.05) is 32.0 Å². The van der Waals surface area contributed by atoms with Gasteiger partial charge in [-0.3, -0.25) is 9.59 Å². The number of benzene rings is 2. The quantitative estimate of drug-likeness (QED) is 0.567. The van der Waals surface area contributed by atoms with Gasteiger partial charge in [0.15, 0.2) is 5.69 Å². The van der Waals surface area contributed by atoms with Gasteiger partial charge < -0.3 is 10.6 Å².